The number of hydrogen-bond donors (Lipinski definition) is 1. The summed E-state index contributed by atoms with van der Waals surface area (Å²) in [7, 11) is 0. The number of nitro groups is 1. The lowest BCUT2D eigenvalue weighted by molar-refractivity contribution is -0.386. The van der Waals surface area contributed by atoms with E-state index in [2.05, 4.69) is 10.4 Å². The molecule has 1 heterocycles. The molecule has 0 radical (unpaired) electrons. The molecule has 1 aromatic carbocycles. The number of carbonyl (C=O) groups excluding carboxylic acids is 1. The van der Waals surface area contributed by atoms with E-state index >= 15 is 0 Å². The summed E-state index contributed by atoms with van der Waals surface area (Å²) in [6.07, 6.45) is 0. The van der Waals surface area contributed by atoms with Crippen molar-refractivity contribution in [3.63, 3.8) is 0 Å². The van der Waals surface area contributed by atoms with Gasteiger partial charge in [0.15, 0.2) is 0 Å². The molecule has 0 spiro atoms. The number of amides is 1. The third-order valence-corrected chi connectivity index (χ3v) is 3.47. The van der Waals surface area contributed by atoms with Crippen molar-refractivity contribution in [3.8, 4) is 6.07 Å². The quantitative estimate of drug-likeness (QED) is 0.688. The first-order valence-corrected chi connectivity index (χ1v) is 6.86. The van der Waals surface area contributed by atoms with E-state index in [4.69, 9.17) is 5.26 Å². The maximum Gasteiger partial charge on any atom is 0.312 e. The molecular weight excluding hydrogens is 298 g/mol. The first-order chi connectivity index (χ1) is 10.8. The molecule has 2 rings (SSSR count). The second kappa shape index (κ2) is 6.27. The Balaban J connectivity index is 2.25. The molecule has 1 amide bonds. The molecule has 1 aromatic heterocycles. The third-order valence-electron chi connectivity index (χ3n) is 3.47. The molecule has 8 nitrogen and oxygen atoms in total. The Morgan fingerprint density at radius 3 is 2.74 bits per heavy atom. The minimum absolute atomic E-state index is 0.0869. The second-order valence-corrected chi connectivity index (χ2v) is 5.08. The first kappa shape index (κ1) is 16.2. The van der Waals surface area contributed by atoms with Gasteiger partial charge in [-0.1, -0.05) is 6.07 Å². The zero-order chi connectivity index (χ0) is 17.1. The van der Waals surface area contributed by atoms with Gasteiger partial charge < -0.3 is 5.32 Å². The highest BCUT2D eigenvalue weighted by atomic mass is 16.6. The van der Waals surface area contributed by atoms with Crippen molar-refractivity contribution < 1.29 is 9.72 Å². The average Bonchev–Trinajstić information content (AvgIpc) is 2.81. The lowest BCUT2D eigenvalue weighted by Crippen LogP contribution is -2.25. The average molecular weight is 313 g/mol. The fourth-order valence-electron chi connectivity index (χ4n) is 2.32. The van der Waals surface area contributed by atoms with Crippen molar-refractivity contribution in [2.24, 2.45) is 0 Å². The molecule has 0 aliphatic heterocycles. The first-order valence-electron chi connectivity index (χ1n) is 6.86. The molecule has 0 unspecified atom stereocenters. The number of hydrogen-bond acceptors (Lipinski definition) is 5. The van der Waals surface area contributed by atoms with Crippen molar-refractivity contribution in [1.29, 1.82) is 5.26 Å². The van der Waals surface area contributed by atoms with E-state index < -0.39 is 11.0 Å². The van der Waals surface area contributed by atoms with Crippen LogP contribution >= 0.6 is 0 Å². The van der Waals surface area contributed by atoms with Gasteiger partial charge in [0, 0.05) is 5.69 Å². The fraction of sp³-hybridized carbons (Fsp3) is 0.267. The lowest BCUT2D eigenvalue weighted by atomic mass is 10.2. The zero-order valence-electron chi connectivity index (χ0n) is 12.9. The topological polar surface area (TPSA) is 114 Å². The van der Waals surface area contributed by atoms with Crippen molar-refractivity contribution in [2.75, 3.05) is 5.32 Å². The van der Waals surface area contributed by atoms with E-state index in [0.29, 0.717) is 16.9 Å². The highest BCUT2D eigenvalue weighted by molar-refractivity contribution is 5.93. The molecule has 118 valence electrons. The summed E-state index contributed by atoms with van der Waals surface area (Å²) in [4.78, 5) is 22.9. The molecule has 0 saturated heterocycles. The van der Waals surface area contributed by atoms with Gasteiger partial charge in [-0.25, -0.2) is 0 Å². The third kappa shape index (κ3) is 3.18. The van der Waals surface area contributed by atoms with Gasteiger partial charge in [-0.15, -0.1) is 0 Å². The van der Waals surface area contributed by atoms with Crippen molar-refractivity contribution in [2.45, 2.75) is 26.8 Å². The van der Waals surface area contributed by atoms with E-state index in [1.807, 2.05) is 6.07 Å². The molecule has 0 fully saturated rings. The molecule has 0 aliphatic carbocycles. The van der Waals surface area contributed by atoms with E-state index in [9.17, 15) is 14.9 Å². The van der Waals surface area contributed by atoms with Crippen LogP contribution in [0.2, 0.25) is 0 Å². The van der Waals surface area contributed by atoms with Crippen LogP contribution in [0.3, 0.4) is 0 Å². The molecule has 0 saturated carbocycles. The highest BCUT2D eigenvalue weighted by Gasteiger charge is 2.27. The van der Waals surface area contributed by atoms with Crippen LogP contribution in [0.5, 0.6) is 0 Å². The van der Waals surface area contributed by atoms with E-state index in [1.165, 1.54) is 11.6 Å². The van der Waals surface area contributed by atoms with Gasteiger partial charge in [-0.05, 0) is 39.0 Å². The minimum atomic E-state index is -0.729. The summed E-state index contributed by atoms with van der Waals surface area (Å²) in [6.45, 7) is 4.69. The largest absolute Gasteiger partial charge is 0.324 e. The summed E-state index contributed by atoms with van der Waals surface area (Å²) in [6, 6.07) is 7.76. The standard InChI is InChI=1S/C15H15N5O3/c1-9-14(20(22)23)10(2)19(18-9)11(3)15(21)17-13-6-4-5-12(7-13)8-16/h4-7,11H,1-3H3,(H,17,21)/t11-/m1/s1. The van der Waals surface area contributed by atoms with Gasteiger partial charge in [-0.3, -0.25) is 19.6 Å². The minimum Gasteiger partial charge on any atom is -0.324 e. The van der Waals surface area contributed by atoms with Crippen LogP contribution in [0.1, 0.15) is 29.9 Å². The van der Waals surface area contributed by atoms with Gasteiger partial charge in [0.25, 0.3) is 0 Å². The van der Waals surface area contributed by atoms with Crippen molar-refractivity contribution in [3.05, 3.63) is 51.3 Å². The zero-order valence-corrected chi connectivity index (χ0v) is 12.9. The lowest BCUT2D eigenvalue weighted by Gasteiger charge is -2.14. The fourth-order valence-corrected chi connectivity index (χ4v) is 2.32. The number of anilines is 1. The Bertz CT molecular complexity index is 819. The van der Waals surface area contributed by atoms with Gasteiger partial charge in [0.2, 0.25) is 5.91 Å². The summed E-state index contributed by atoms with van der Waals surface area (Å²) in [5, 5.41) is 26.7. The molecule has 23 heavy (non-hydrogen) atoms. The second-order valence-electron chi connectivity index (χ2n) is 5.08. The van der Waals surface area contributed by atoms with E-state index in [1.54, 1.807) is 38.1 Å². The number of benzene rings is 1. The maximum atomic E-state index is 12.3. The van der Waals surface area contributed by atoms with Crippen LogP contribution in [0.15, 0.2) is 24.3 Å². The summed E-state index contributed by atoms with van der Waals surface area (Å²) >= 11 is 0. The van der Waals surface area contributed by atoms with Gasteiger partial charge in [-0.2, -0.15) is 10.4 Å². The van der Waals surface area contributed by atoms with E-state index in [0.717, 1.165) is 0 Å². The number of aromatic nitrogens is 2. The van der Waals surface area contributed by atoms with Gasteiger partial charge >= 0.3 is 5.69 Å². The number of nitrogens with zero attached hydrogens (tertiary/aromatic N) is 4. The molecule has 1 N–H and O–H groups in total. The Labute approximate surface area is 132 Å². The van der Waals surface area contributed by atoms with Crippen molar-refractivity contribution in [1.82, 2.24) is 9.78 Å². The Hall–Kier alpha value is -3.21. The Morgan fingerprint density at radius 1 is 1.48 bits per heavy atom. The van der Waals surface area contributed by atoms with Crippen LogP contribution in [-0.4, -0.2) is 20.6 Å². The number of carbonyl (C=O) groups is 1. The monoisotopic (exact) mass is 313 g/mol. The molecular formula is C15H15N5O3. The molecule has 1 atom stereocenters. The normalized spacial score (nSPS) is 11.6. The highest BCUT2D eigenvalue weighted by Crippen LogP contribution is 2.25. The number of nitrogens with one attached hydrogen (secondary N) is 1. The predicted octanol–water partition coefficient (Wildman–Crippen LogP) is 2.48. The SMILES string of the molecule is Cc1nn([C@H](C)C(=O)Nc2cccc(C#N)c2)c(C)c1[N+](=O)[O-]. The Kier molecular flexibility index (Phi) is 4.41. The van der Waals surface area contributed by atoms with Crippen molar-refractivity contribution >= 4 is 17.3 Å². The summed E-state index contributed by atoms with van der Waals surface area (Å²) < 4.78 is 1.33. The number of aryl methyl sites for hydroxylation is 1. The smallest absolute Gasteiger partial charge is 0.312 e. The molecule has 0 aliphatic rings. The summed E-state index contributed by atoms with van der Waals surface area (Å²) in [5.41, 5.74) is 1.41. The van der Waals surface area contributed by atoms with E-state index in [-0.39, 0.29) is 17.3 Å². The maximum absolute atomic E-state index is 12.3. The van der Waals surface area contributed by atoms with Crippen LogP contribution in [0.4, 0.5) is 11.4 Å². The van der Waals surface area contributed by atoms with Crippen LogP contribution in [0, 0.1) is 35.3 Å². The molecule has 2 aromatic rings. The van der Waals surface area contributed by atoms with Crippen LogP contribution in [0.25, 0.3) is 0 Å². The number of rotatable bonds is 4. The number of nitriles is 1. The van der Waals surface area contributed by atoms with Gasteiger partial charge in [0.1, 0.15) is 17.4 Å². The molecule has 8 heteroatoms. The van der Waals surface area contributed by atoms with Crippen LogP contribution in [-0.2, 0) is 4.79 Å². The van der Waals surface area contributed by atoms with Gasteiger partial charge in [0.05, 0.1) is 16.6 Å². The van der Waals surface area contributed by atoms with Crippen LogP contribution < -0.4 is 5.32 Å². The summed E-state index contributed by atoms with van der Waals surface area (Å²) in [5.74, 6) is -0.374. The molecule has 0 bridgehead atoms. The predicted molar refractivity (Wildman–Crippen MR) is 82.9 cm³/mol. The Morgan fingerprint density at radius 2 is 2.17 bits per heavy atom.